The van der Waals surface area contributed by atoms with E-state index in [4.69, 9.17) is 8.42 Å². The highest BCUT2D eigenvalue weighted by Crippen LogP contribution is 2.36. The minimum atomic E-state index is -2.12. The molecule has 0 heterocycles. The van der Waals surface area contributed by atoms with Crippen LogP contribution in [0.5, 0.6) is 0 Å². The first-order valence-electron chi connectivity index (χ1n) is 3.47. The first-order valence-corrected chi connectivity index (χ1v) is 7.41. The lowest BCUT2D eigenvalue weighted by atomic mass is 10.2. The fourth-order valence-corrected chi connectivity index (χ4v) is 2.73. The van der Waals surface area contributed by atoms with Gasteiger partial charge in [0.1, 0.15) is 0 Å². The molecule has 0 aliphatic heterocycles. The van der Waals surface area contributed by atoms with Gasteiger partial charge in [-0.3, -0.25) is 4.55 Å². The van der Waals surface area contributed by atoms with Crippen LogP contribution in [0.25, 0.3) is 0 Å². The Morgan fingerprint density at radius 2 is 1.73 bits per heavy atom. The molecule has 0 amide bonds. The monoisotopic (exact) mass is 196 g/mol. The molecule has 0 saturated carbocycles. The van der Waals surface area contributed by atoms with Gasteiger partial charge in [-0.15, -0.1) is 0 Å². The standard InChI is InChI=1S/C6H16O3SSi/c1-6(2,3)11(4,5)9-10(7)8/h1-5H3,(H,7,8). The van der Waals surface area contributed by atoms with Gasteiger partial charge in [-0.25, -0.2) is 0 Å². The summed E-state index contributed by atoms with van der Waals surface area (Å²) >= 11 is -2.12. The highest BCUT2D eigenvalue weighted by Gasteiger charge is 2.39. The summed E-state index contributed by atoms with van der Waals surface area (Å²) in [6, 6.07) is 0. The van der Waals surface area contributed by atoms with Crippen molar-refractivity contribution in [2.75, 3.05) is 0 Å². The highest BCUT2D eigenvalue weighted by atomic mass is 32.2. The summed E-state index contributed by atoms with van der Waals surface area (Å²) in [5, 5.41) is -0.00854. The first kappa shape index (κ1) is 11.3. The van der Waals surface area contributed by atoms with Crippen LogP contribution in [0, 0.1) is 0 Å². The van der Waals surface area contributed by atoms with E-state index in [1.807, 2.05) is 33.9 Å². The maximum atomic E-state index is 10.4. The van der Waals surface area contributed by atoms with Crippen LogP contribution >= 0.6 is 0 Å². The lowest BCUT2D eigenvalue weighted by Gasteiger charge is -2.33. The van der Waals surface area contributed by atoms with E-state index in [2.05, 4.69) is 0 Å². The van der Waals surface area contributed by atoms with Gasteiger partial charge in [0.15, 0.2) is 0 Å². The fraction of sp³-hybridized carbons (Fsp3) is 1.00. The van der Waals surface area contributed by atoms with E-state index in [0.29, 0.717) is 0 Å². The summed E-state index contributed by atoms with van der Waals surface area (Å²) < 4.78 is 23.9. The van der Waals surface area contributed by atoms with Crippen molar-refractivity contribution >= 4 is 19.7 Å². The van der Waals surface area contributed by atoms with Crippen molar-refractivity contribution in [2.24, 2.45) is 0 Å². The zero-order valence-corrected chi connectivity index (χ0v) is 9.49. The van der Waals surface area contributed by atoms with Crippen LogP contribution in [-0.4, -0.2) is 17.1 Å². The Kier molecular flexibility index (Phi) is 3.43. The molecule has 1 N–H and O–H groups in total. The first-order chi connectivity index (χ1) is 4.67. The Hall–Kier alpha value is 0.287. The number of rotatable bonds is 2. The van der Waals surface area contributed by atoms with E-state index in [-0.39, 0.29) is 5.04 Å². The molecule has 0 aromatic carbocycles. The molecule has 68 valence electrons. The molecule has 0 aromatic heterocycles. The van der Waals surface area contributed by atoms with Crippen molar-refractivity contribution in [3.8, 4) is 0 Å². The average molecular weight is 196 g/mol. The van der Waals surface area contributed by atoms with Gasteiger partial charge in [0.25, 0.3) is 11.4 Å². The lowest BCUT2D eigenvalue weighted by Crippen LogP contribution is -2.41. The maximum absolute atomic E-state index is 10.4. The summed E-state index contributed by atoms with van der Waals surface area (Å²) in [5.41, 5.74) is 0. The Morgan fingerprint density at radius 1 is 1.36 bits per heavy atom. The maximum Gasteiger partial charge on any atom is 0.291 e. The molecule has 0 aliphatic rings. The molecule has 0 rings (SSSR count). The van der Waals surface area contributed by atoms with Crippen molar-refractivity contribution in [2.45, 2.75) is 38.9 Å². The van der Waals surface area contributed by atoms with Crippen LogP contribution in [0.1, 0.15) is 20.8 Å². The number of hydrogen-bond acceptors (Lipinski definition) is 2. The molecule has 0 bridgehead atoms. The summed E-state index contributed by atoms with van der Waals surface area (Å²) in [5.74, 6) is 0. The third-order valence-corrected chi connectivity index (χ3v) is 7.94. The largest absolute Gasteiger partial charge is 0.313 e. The topological polar surface area (TPSA) is 46.5 Å². The van der Waals surface area contributed by atoms with Crippen LogP contribution in [0.4, 0.5) is 0 Å². The van der Waals surface area contributed by atoms with Gasteiger partial charge in [-0.1, -0.05) is 20.8 Å². The van der Waals surface area contributed by atoms with Crippen LogP contribution in [0.2, 0.25) is 18.1 Å². The fourth-order valence-electron chi connectivity index (χ4n) is 0.303. The van der Waals surface area contributed by atoms with E-state index >= 15 is 0 Å². The van der Waals surface area contributed by atoms with Crippen molar-refractivity contribution in [3.05, 3.63) is 0 Å². The predicted molar refractivity (Wildman–Crippen MR) is 49.1 cm³/mol. The molecule has 0 spiro atoms. The number of hydrogen-bond donors (Lipinski definition) is 1. The molecule has 1 atom stereocenters. The van der Waals surface area contributed by atoms with Crippen molar-refractivity contribution in [3.63, 3.8) is 0 Å². The van der Waals surface area contributed by atoms with E-state index in [9.17, 15) is 4.21 Å². The summed E-state index contributed by atoms with van der Waals surface area (Å²) in [7, 11) is -2.02. The zero-order valence-electron chi connectivity index (χ0n) is 7.67. The lowest BCUT2D eigenvalue weighted by molar-refractivity contribution is 0.434. The predicted octanol–water partition coefficient (Wildman–Crippen LogP) is 2.14. The van der Waals surface area contributed by atoms with Crippen LogP contribution in [-0.2, 0) is 15.2 Å². The van der Waals surface area contributed by atoms with Gasteiger partial charge in [0, 0.05) is 0 Å². The second-order valence-electron chi connectivity index (χ2n) is 4.06. The Labute approximate surface area is 71.8 Å². The molecule has 0 fully saturated rings. The normalized spacial score (nSPS) is 16.5. The average Bonchev–Trinajstić information content (AvgIpc) is 1.56. The third-order valence-electron chi connectivity index (χ3n) is 2.09. The molecule has 0 aromatic rings. The quantitative estimate of drug-likeness (QED) is 0.544. The molecule has 0 aliphatic carbocycles. The minimum Gasteiger partial charge on any atom is -0.313 e. The van der Waals surface area contributed by atoms with Crippen molar-refractivity contribution in [1.82, 2.24) is 0 Å². The van der Waals surface area contributed by atoms with Gasteiger partial charge in [0.05, 0.1) is 0 Å². The highest BCUT2D eigenvalue weighted by molar-refractivity contribution is 7.75. The molecular weight excluding hydrogens is 180 g/mol. The molecule has 11 heavy (non-hydrogen) atoms. The van der Waals surface area contributed by atoms with E-state index < -0.39 is 19.7 Å². The van der Waals surface area contributed by atoms with E-state index in [0.717, 1.165) is 0 Å². The second-order valence-corrected chi connectivity index (χ2v) is 9.68. The Morgan fingerprint density at radius 3 is 1.82 bits per heavy atom. The van der Waals surface area contributed by atoms with Gasteiger partial charge < -0.3 is 3.87 Å². The summed E-state index contributed by atoms with van der Waals surface area (Å²) in [4.78, 5) is 0. The van der Waals surface area contributed by atoms with E-state index in [1.165, 1.54) is 0 Å². The van der Waals surface area contributed by atoms with Crippen LogP contribution in [0.15, 0.2) is 0 Å². The minimum absolute atomic E-state index is 0.00854. The Balaban J connectivity index is 4.34. The smallest absolute Gasteiger partial charge is 0.291 e. The molecule has 3 nitrogen and oxygen atoms in total. The van der Waals surface area contributed by atoms with Crippen LogP contribution < -0.4 is 0 Å². The summed E-state index contributed by atoms with van der Waals surface area (Å²) in [6.45, 7) is 9.92. The molecule has 1 unspecified atom stereocenters. The van der Waals surface area contributed by atoms with Crippen molar-refractivity contribution < 1.29 is 12.6 Å². The van der Waals surface area contributed by atoms with Gasteiger partial charge in [0.2, 0.25) is 8.32 Å². The SMILES string of the molecule is CC(C)(C)[Si](C)(C)OS(=O)O. The van der Waals surface area contributed by atoms with Crippen LogP contribution in [0.3, 0.4) is 0 Å². The van der Waals surface area contributed by atoms with E-state index in [1.54, 1.807) is 0 Å². The molecule has 0 radical (unpaired) electrons. The zero-order chi connectivity index (χ0) is 9.28. The van der Waals surface area contributed by atoms with Gasteiger partial charge in [-0.05, 0) is 18.1 Å². The Bertz CT molecular complexity index is 162. The van der Waals surface area contributed by atoms with Gasteiger partial charge in [-0.2, -0.15) is 4.21 Å². The van der Waals surface area contributed by atoms with Gasteiger partial charge >= 0.3 is 0 Å². The molecule has 0 saturated heterocycles. The molecular formula is C6H16O3SSi. The third kappa shape index (κ3) is 3.46. The second kappa shape index (κ2) is 3.34. The molecule has 5 heteroatoms. The van der Waals surface area contributed by atoms with Crippen molar-refractivity contribution in [1.29, 1.82) is 0 Å². The summed E-state index contributed by atoms with van der Waals surface area (Å²) in [6.07, 6.45) is 0.